The first kappa shape index (κ1) is 11.5. The number of halogens is 2. The third kappa shape index (κ3) is 2.57. The van der Waals surface area contributed by atoms with E-state index >= 15 is 0 Å². The van der Waals surface area contributed by atoms with Gasteiger partial charge in [0.2, 0.25) is 0 Å². The molecule has 1 atom stereocenters. The van der Waals surface area contributed by atoms with Crippen molar-refractivity contribution in [1.29, 1.82) is 0 Å². The summed E-state index contributed by atoms with van der Waals surface area (Å²) in [4.78, 5) is 0. The summed E-state index contributed by atoms with van der Waals surface area (Å²) in [5.74, 6) is 1.42. The van der Waals surface area contributed by atoms with Crippen LogP contribution < -0.4 is 0 Å². The Hall–Kier alpha value is -0.0100. The van der Waals surface area contributed by atoms with Crippen LogP contribution in [0.25, 0.3) is 0 Å². The van der Waals surface area contributed by atoms with Gasteiger partial charge in [-0.25, -0.2) is 0 Å². The van der Waals surface area contributed by atoms with Crippen LogP contribution in [0, 0.1) is 5.92 Å². The quantitative estimate of drug-likeness (QED) is 0.686. The Labute approximate surface area is 105 Å². The lowest BCUT2D eigenvalue weighted by Crippen LogP contribution is -2.11. The summed E-state index contributed by atoms with van der Waals surface area (Å²) in [5.41, 5.74) is 1.32. The highest BCUT2D eigenvalue weighted by Crippen LogP contribution is 2.40. The van der Waals surface area contributed by atoms with Gasteiger partial charge in [-0.3, -0.25) is 0 Å². The van der Waals surface area contributed by atoms with Crippen LogP contribution in [-0.2, 0) is 0 Å². The Kier molecular flexibility index (Phi) is 4.10. The van der Waals surface area contributed by atoms with Crippen LogP contribution in [0.15, 0.2) is 24.3 Å². The third-order valence-corrected chi connectivity index (χ3v) is 4.48. The van der Waals surface area contributed by atoms with Gasteiger partial charge in [-0.05, 0) is 36.3 Å². The van der Waals surface area contributed by atoms with E-state index in [9.17, 15) is 0 Å². The average molecular weight is 288 g/mol. The van der Waals surface area contributed by atoms with Crippen molar-refractivity contribution in [1.82, 2.24) is 0 Å². The van der Waals surface area contributed by atoms with Crippen LogP contribution in [0.1, 0.15) is 37.2 Å². The molecular formula is C13H16BrCl. The Morgan fingerprint density at radius 2 is 1.93 bits per heavy atom. The molecule has 1 unspecified atom stereocenters. The highest BCUT2D eigenvalue weighted by Gasteiger charge is 2.26. The molecule has 1 aliphatic carbocycles. The molecule has 0 heterocycles. The average Bonchev–Trinajstić information content (AvgIpc) is 2.75. The molecule has 2 rings (SSSR count). The number of rotatable bonds is 3. The van der Waals surface area contributed by atoms with Crippen LogP contribution in [0.3, 0.4) is 0 Å². The zero-order valence-electron chi connectivity index (χ0n) is 8.76. The number of alkyl halides is 1. The molecule has 1 saturated carbocycles. The van der Waals surface area contributed by atoms with E-state index in [2.05, 4.69) is 28.1 Å². The van der Waals surface area contributed by atoms with Gasteiger partial charge in [0, 0.05) is 10.4 Å². The lowest BCUT2D eigenvalue weighted by atomic mass is 9.86. The van der Waals surface area contributed by atoms with Crippen LogP contribution in [0.5, 0.6) is 0 Å². The number of benzene rings is 1. The molecule has 0 N–H and O–H groups in total. The Bertz CT molecular complexity index is 318. The maximum Gasteiger partial charge on any atom is 0.0441 e. The van der Waals surface area contributed by atoms with Gasteiger partial charge < -0.3 is 0 Å². The van der Waals surface area contributed by atoms with E-state index in [1.165, 1.54) is 31.2 Å². The lowest BCUT2D eigenvalue weighted by molar-refractivity contribution is 0.468. The lowest BCUT2D eigenvalue weighted by Gasteiger charge is -2.22. The van der Waals surface area contributed by atoms with Crippen molar-refractivity contribution in [3.05, 3.63) is 34.9 Å². The summed E-state index contributed by atoms with van der Waals surface area (Å²) in [6.45, 7) is 0. The molecular weight excluding hydrogens is 272 g/mol. The molecule has 0 nitrogen and oxygen atoms in total. The maximum absolute atomic E-state index is 6.26. The molecule has 2 heteroatoms. The summed E-state index contributed by atoms with van der Waals surface area (Å²) >= 11 is 9.89. The van der Waals surface area contributed by atoms with E-state index in [0.29, 0.717) is 5.92 Å². The van der Waals surface area contributed by atoms with Gasteiger partial charge in [0.25, 0.3) is 0 Å². The molecule has 1 aliphatic rings. The summed E-state index contributed by atoms with van der Waals surface area (Å²) in [5, 5.41) is 1.95. The van der Waals surface area contributed by atoms with Crippen molar-refractivity contribution in [3.8, 4) is 0 Å². The topological polar surface area (TPSA) is 0 Å². The van der Waals surface area contributed by atoms with Gasteiger partial charge in [0.05, 0.1) is 0 Å². The van der Waals surface area contributed by atoms with E-state index in [0.717, 1.165) is 16.3 Å². The molecule has 0 saturated heterocycles. The second kappa shape index (κ2) is 5.36. The van der Waals surface area contributed by atoms with E-state index in [4.69, 9.17) is 11.6 Å². The first-order chi connectivity index (χ1) is 7.33. The second-order valence-electron chi connectivity index (χ2n) is 4.33. The van der Waals surface area contributed by atoms with Gasteiger partial charge in [-0.2, -0.15) is 0 Å². The minimum absolute atomic E-state index is 0.598. The van der Waals surface area contributed by atoms with Crippen molar-refractivity contribution in [2.24, 2.45) is 5.92 Å². The fourth-order valence-electron chi connectivity index (χ4n) is 2.60. The third-order valence-electron chi connectivity index (χ3n) is 3.44. The van der Waals surface area contributed by atoms with Gasteiger partial charge in [0.1, 0.15) is 0 Å². The van der Waals surface area contributed by atoms with Crippen LogP contribution in [0.4, 0.5) is 0 Å². The number of hydrogen-bond donors (Lipinski definition) is 0. The molecule has 1 fully saturated rings. The molecule has 0 aliphatic heterocycles. The normalized spacial score (nSPS) is 19.3. The zero-order valence-corrected chi connectivity index (χ0v) is 11.1. The summed E-state index contributed by atoms with van der Waals surface area (Å²) in [7, 11) is 0. The fraction of sp³-hybridized carbons (Fsp3) is 0.538. The SMILES string of the molecule is Clc1ccccc1C(CBr)C1CCCC1. The number of hydrogen-bond acceptors (Lipinski definition) is 0. The predicted octanol–water partition coefficient (Wildman–Crippen LogP) is 5.01. The zero-order chi connectivity index (χ0) is 10.7. The molecule has 82 valence electrons. The van der Waals surface area contributed by atoms with Crippen molar-refractivity contribution in [2.45, 2.75) is 31.6 Å². The minimum Gasteiger partial charge on any atom is -0.0921 e. The molecule has 0 bridgehead atoms. The molecule has 0 radical (unpaired) electrons. The van der Waals surface area contributed by atoms with Crippen molar-refractivity contribution in [2.75, 3.05) is 5.33 Å². The van der Waals surface area contributed by atoms with Crippen LogP contribution in [-0.4, -0.2) is 5.33 Å². The first-order valence-electron chi connectivity index (χ1n) is 5.63. The Morgan fingerprint density at radius 1 is 1.27 bits per heavy atom. The first-order valence-corrected chi connectivity index (χ1v) is 7.13. The summed E-state index contributed by atoms with van der Waals surface area (Å²) in [6, 6.07) is 8.27. The molecule has 0 spiro atoms. The fourth-order valence-corrected chi connectivity index (χ4v) is 3.75. The van der Waals surface area contributed by atoms with Crippen molar-refractivity contribution >= 4 is 27.5 Å². The highest BCUT2D eigenvalue weighted by atomic mass is 79.9. The van der Waals surface area contributed by atoms with Gasteiger partial charge in [0.15, 0.2) is 0 Å². The molecule has 0 aromatic heterocycles. The van der Waals surface area contributed by atoms with E-state index in [1.807, 2.05) is 12.1 Å². The van der Waals surface area contributed by atoms with Crippen molar-refractivity contribution in [3.63, 3.8) is 0 Å². The monoisotopic (exact) mass is 286 g/mol. The van der Waals surface area contributed by atoms with E-state index in [1.54, 1.807) is 0 Å². The summed E-state index contributed by atoms with van der Waals surface area (Å²) in [6.07, 6.45) is 5.50. The van der Waals surface area contributed by atoms with Crippen LogP contribution in [0.2, 0.25) is 5.02 Å². The smallest absolute Gasteiger partial charge is 0.0441 e. The highest BCUT2D eigenvalue weighted by molar-refractivity contribution is 9.09. The van der Waals surface area contributed by atoms with Gasteiger partial charge in [-0.15, -0.1) is 0 Å². The van der Waals surface area contributed by atoms with Gasteiger partial charge >= 0.3 is 0 Å². The maximum atomic E-state index is 6.26. The second-order valence-corrected chi connectivity index (χ2v) is 5.38. The van der Waals surface area contributed by atoms with E-state index < -0.39 is 0 Å². The largest absolute Gasteiger partial charge is 0.0921 e. The van der Waals surface area contributed by atoms with E-state index in [-0.39, 0.29) is 0 Å². The van der Waals surface area contributed by atoms with Crippen molar-refractivity contribution < 1.29 is 0 Å². The summed E-state index contributed by atoms with van der Waals surface area (Å²) < 4.78 is 0. The predicted molar refractivity (Wildman–Crippen MR) is 69.9 cm³/mol. The van der Waals surface area contributed by atoms with Crippen LogP contribution >= 0.6 is 27.5 Å². The minimum atomic E-state index is 0.598. The standard InChI is InChI=1S/C13H16BrCl/c14-9-12(10-5-1-2-6-10)11-7-3-4-8-13(11)15/h3-4,7-8,10,12H,1-2,5-6,9H2. The Balaban J connectivity index is 2.22. The van der Waals surface area contributed by atoms with Gasteiger partial charge in [-0.1, -0.05) is 58.6 Å². The molecule has 15 heavy (non-hydrogen) atoms. The molecule has 0 amide bonds. The molecule has 1 aromatic rings. The molecule has 1 aromatic carbocycles. The Morgan fingerprint density at radius 3 is 2.53 bits per heavy atom.